The standard InChI is InChI=1S/C14H25NO3/c16-14(17)13-8-5-9-15(13)10-11-18-12-6-3-1-2-4-7-12/h12-13H,1-11H2,(H,16,17). The highest BCUT2D eigenvalue weighted by molar-refractivity contribution is 5.73. The van der Waals surface area contributed by atoms with E-state index in [1.54, 1.807) is 0 Å². The fourth-order valence-electron chi connectivity index (χ4n) is 3.12. The van der Waals surface area contributed by atoms with Gasteiger partial charge in [0.15, 0.2) is 0 Å². The Balaban J connectivity index is 1.66. The molecule has 0 aromatic heterocycles. The Hall–Kier alpha value is -0.610. The Morgan fingerprint density at radius 2 is 1.83 bits per heavy atom. The first-order valence-electron chi connectivity index (χ1n) is 7.36. The number of carboxylic acid groups (broad SMARTS) is 1. The van der Waals surface area contributed by atoms with Crippen LogP contribution in [0.5, 0.6) is 0 Å². The van der Waals surface area contributed by atoms with Crippen molar-refractivity contribution >= 4 is 5.97 Å². The first kappa shape index (κ1) is 13.8. The van der Waals surface area contributed by atoms with Crippen molar-refractivity contribution in [3.8, 4) is 0 Å². The SMILES string of the molecule is O=C(O)C1CCCN1CCOC1CCCCCC1. The number of ether oxygens (including phenoxy) is 1. The molecule has 1 saturated carbocycles. The number of nitrogens with zero attached hydrogens (tertiary/aromatic N) is 1. The maximum absolute atomic E-state index is 11.0. The molecule has 2 fully saturated rings. The van der Waals surface area contributed by atoms with Crippen LogP contribution in [-0.2, 0) is 9.53 Å². The zero-order chi connectivity index (χ0) is 12.8. The highest BCUT2D eigenvalue weighted by atomic mass is 16.5. The van der Waals surface area contributed by atoms with Crippen LogP contribution in [0.4, 0.5) is 0 Å². The van der Waals surface area contributed by atoms with E-state index < -0.39 is 5.97 Å². The van der Waals surface area contributed by atoms with Crippen LogP contribution in [0, 0.1) is 0 Å². The number of aliphatic carboxylic acids is 1. The van der Waals surface area contributed by atoms with Gasteiger partial charge in [0.2, 0.25) is 0 Å². The van der Waals surface area contributed by atoms with Crippen LogP contribution < -0.4 is 0 Å². The molecular formula is C14H25NO3. The molecular weight excluding hydrogens is 230 g/mol. The highest BCUT2D eigenvalue weighted by Crippen LogP contribution is 2.20. The number of carbonyl (C=O) groups is 1. The van der Waals surface area contributed by atoms with Gasteiger partial charge in [-0.2, -0.15) is 0 Å². The Morgan fingerprint density at radius 3 is 2.50 bits per heavy atom. The summed E-state index contributed by atoms with van der Waals surface area (Å²) in [6.07, 6.45) is 9.82. The first-order valence-corrected chi connectivity index (χ1v) is 7.36. The fourth-order valence-corrected chi connectivity index (χ4v) is 3.12. The van der Waals surface area contributed by atoms with Crippen molar-refractivity contribution in [2.24, 2.45) is 0 Å². The predicted octanol–water partition coefficient (Wildman–Crippen LogP) is 2.27. The maximum Gasteiger partial charge on any atom is 0.320 e. The van der Waals surface area contributed by atoms with E-state index in [2.05, 4.69) is 4.90 Å². The van der Waals surface area contributed by atoms with E-state index in [1.807, 2.05) is 0 Å². The average molecular weight is 255 g/mol. The van der Waals surface area contributed by atoms with E-state index in [9.17, 15) is 4.79 Å². The van der Waals surface area contributed by atoms with Crippen LogP contribution in [0.1, 0.15) is 51.4 Å². The molecule has 1 atom stereocenters. The minimum Gasteiger partial charge on any atom is -0.480 e. The van der Waals surface area contributed by atoms with Crippen LogP contribution in [0.3, 0.4) is 0 Å². The van der Waals surface area contributed by atoms with E-state index in [0.717, 1.165) is 25.9 Å². The zero-order valence-electron chi connectivity index (χ0n) is 11.1. The molecule has 4 nitrogen and oxygen atoms in total. The average Bonchev–Trinajstić information content (AvgIpc) is 2.66. The molecule has 1 N–H and O–H groups in total. The molecule has 0 spiro atoms. The summed E-state index contributed by atoms with van der Waals surface area (Å²) in [4.78, 5) is 13.1. The lowest BCUT2D eigenvalue weighted by Gasteiger charge is -2.22. The monoisotopic (exact) mass is 255 g/mol. The van der Waals surface area contributed by atoms with Crippen LogP contribution in [0.25, 0.3) is 0 Å². The first-order chi connectivity index (χ1) is 8.77. The van der Waals surface area contributed by atoms with Gasteiger partial charge in [0, 0.05) is 6.54 Å². The molecule has 2 aliphatic rings. The number of rotatable bonds is 5. The molecule has 0 amide bonds. The molecule has 1 aliphatic carbocycles. The molecule has 1 saturated heterocycles. The van der Waals surface area contributed by atoms with Crippen molar-refractivity contribution in [1.82, 2.24) is 4.90 Å². The van der Waals surface area contributed by atoms with Gasteiger partial charge in [-0.1, -0.05) is 25.7 Å². The fraction of sp³-hybridized carbons (Fsp3) is 0.929. The summed E-state index contributed by atoms with van der Waals surface area (Å²) >= 11 is 0. The molecule has 104 valence electrons. The molecule has 0 bridgehead atoms. The van der Waals surface area contributed by atoms with Crippen molar-refractivity contribution in [3.05, 3.63) is 0 Å². The second-order valence-corrected chi connectivity index (χ2v) is 5.52. The second kappa shape index (κ2) is 7.10. The van der Waals surface area contributed by atoms with Gasteiger partial charge in [0.1, 0.15) is 6.04 Å². The van der Waals surface area contributed by atoms with Crippen molar-refractivity contribution in [2.75, 3.05) is 19.7 Å². The third-order valence-electron chi connectivity index (χ3n) is 4.18. The number of likely N-dealkylation sites (tertiary alicyclic amines) is 1. The molecule has 1 heterocycles. The van der Waals surface area contributed by atoms with Gasteiger partial charge >= 0.3 is 5.97 Å². The smallest absolute Gasteiger partial charge is 0.320 e. The van der Waals surface area contributed by atoms with Crippen LogP contribution in [-0.4, -0.2) is 47.8 Å². The second-order valence-electron chi connectivity index (χ2n) is 5.52. The van der Waals surface area contributed by atoms with Gasteiger partial charge in [0.05, 0.1) is 12.7 Å². The quantitative estimate of drug-likeness (QED) is 0.766. The molecule has 0 aromatic carbocycles. The van der Waals surface area contributed by atoms with Crippen molar-refractivity contribution < 1.29 is 14.6 Å². The van der Waals surface area contributed by atoms with Gasteiger partial charge in [-0.05, 0) is 32.2 Å². The minimum atomic E-state index is -0.679. The molecule has 4 heteroatoms. The summed E-state index contributed by atoms with van der Waals surface area (Å²) in [7, 11) is 0. The normalized spacial score (nSPS) is 27.2. The maximum atomic E-state index is 11.0. The van der Waals surface area contributed by atoms with E-state index >= 15 is 0 Å². The molecule has 2 rings (SSSR count). The van der Waals surface area contributed by atoms with E-state index in [0.29, 0.717) is 12.7 Å². The van der Waals surface area contributed by atoms with E-state index in [-0.39, 0.29) is 6.04 Å². The number of hydrogen-bond donors (Lipinski definition) is 1. The number of hydrogen-bond acceptors (Lipinski definition) is 3. The molecule has 18 heavy (non-hydrogen) atoms. The summed E-state index contributed by atoms with van der Waals surface area (Å²) in [5.74, 6) is -0.679. The van der Waals surface area contributed by atoms with Gasteiger partial charge < -0.3 is 9.84 Å². The summed E-state index contributed by atoms with van der Waals surface area (Å²) in [6, 6.07) is -0.275. The lowest BCUT2D eigenvalue weighted by Crippen LogP contribution is -2.38. The number of carboxylic acids is 1. The van der Waals surface area contributed by atoms with Crippen molar-refractivity contribution in [2.45, 2.75) is 63.5 Å². The minimum absolute atomic E-state index is 0.275. The van der Waals surface area contributed by atoms with Crippen LogP contribution >= 0.6 is 0 Å². The van der Waals surface area contributed by atoms with Gasteiger partial charge in [0.25, 0.3) is 0 Å². The van der Waals surface area contributed by atoms with Gasteiger partial charge in [-0.25, -0.2) is 0 Å². The van der Waals surface area contributed by atoms with Crippen molar-refractivity contribution in [3.63, 3.8) is 0 Å². The summed E-state index contributed by atoms with van der Waals surface area (Å²) < 4.78 is 5.92. The van der Waals surface area contributed by atoms with Crippen molar-refractivity contribution in [1.29, 1.82) is 0 Å². The topological polar surface area (TPSA) is 49.8 Å². The lowest BCUT2D eigenvalue weighted by molar-refractivity contribution is -0.142. The Morgan fingerprint density at radius 1 is 1.11 bits per heavy atom. The lowest BCUT2D eigenvalue weighted by atomic mass is 10.1. The zero-order valence-corrected chi connectivity index (χ0v) is 11.1. The molecule has 1 aliphatic heterocycles. The summed E-state index contributed by atoms with van der Waals surface area (Å²) in [5.41, 5.74) is 0. The summed E-state index contributed by atoms with van der Waals surface area (Å²) in [5, 5.41) is 9.09. The van der Waals surface area contributed by atoms with Crippen LogP contribution in [0.15, 0.2) is 0 Å². The third-order valence-corrected chi connectivity index (χ3v) is 4.18. The molecule has 1 unspecified atom stereocenters. The highest BCUT2D eigenvalue weighted by Gasteiger charge is 2.30. The molecule has 0 aromatic rings. The van der Waals surface area contributed by atoms with Gasteiger partial charge in [-0.3, -0.25) is 9.69 Å². The van der Waals surface area contributed by atoms with E-state index in [4.69, 9.17) is 9.84 Å². The molecule has 0 radical (unpaired) electrons. The third kappa shape index (κ3) is 3.95. The predicted molar refractivity (Wildman–Crippen MR) is 69.7 cm³/mol. The Labute approximate surface area is 109 Å². The van der Waals surface area contributed by atoms with Crippen LogP contribution in [0.2, 0.25) is 0 Å². The largest absolute Gasteiger partial charge is 0.480 e. The van der Waals surface area contributed by atoms with Gasteiger partial charge in [-0.15, -0.1) is 0 Å². The van der Waals surface area contributed by atoms with E-state index in [1.165, 1.54) is 38.5 Å². The summed E-state index contributed by atoms with van der Waals surface area (Å²) in [6.45, 7) is 2.37. The Bertz CT molecular complexity index is 262. The Kier molecular flexibility index (Phi) is 5.45.